The highest BCUT2D eigenvalue weighted by Crippen LogP contribution is 2.43. The summed E-state index contributed by atoms with van der Waals surface area (Å²) in [5.74, 6) is -3.37. The third-order valence-corrected chi connectivity index (χ3v) is 5.64. The molecule has 1 aliphatic rings. The number of anilines is 2. The molecule has 210 valence electrons. The number of aliphatic hydroxyl groups is 2. The van der Waals surface area contributed by atoms with Crippen LogP contribution in [0.25, 0.3) is 11.3 Å². The molecule has 1 aliphatic heterocycles. The quantitative estimate of drug-likeness (QED) is 0.323. The van der Waals surface area contributed by atoms with E-state index in [1.807, 2.05) is 13.8 Å². The smallest absolute Gasteiger partial charge is 0.416 e. The van der Waals surface area contributed by atoms with Crippen molar-refractivity contribution in [2.24, 2.45) is 0 Å². The number of hydrogen-bond donors (Lipinski definition) is 3. The first-order valence-electron chi connectivity index (χ1n) is 12.2. The lowest BCUT2D eigenvalue weighted by molar-refractivity contribution is -0.137. The number of rotatable bonds is 6. The number of carbonyl (C=O) groups is 1. The minimum Gasteiger partial charge on any atom is -0.491 e. The number of hydrogen-bond acceptors (Lipinski definition) is 5. The van der Waals surface area contributed by atoms with Gasteiger partial charge in [0, 0.05) is 30.3 Å². The maximum atomic E-state index is 14.6. The summed E-state index contributed by atoms with van der Waals surface area (Å²) in [6.07, 6.45) is -6.36. The molecule has 0 bridgehead atoms. The molecule has 39 heavy (non-hydrogen) atoms. The van der Waals surface area contributed by atoms with Gasteiger partial charge in [-0.1, -0.05) is 32.0 Å². The molecule has 12 heteroatoms. The maximum absolute atomic E-state index is 14.6. The zero-order valence-electron chi connectivity index (χ0n) is 21.2. The maximum Gasteiger partial charge on any atom is 0.416 e. The highest BCUT2D eigenvalue weighted by atomic mass is 19.4. The van der Waals surface area contributed by atoms with Crippen LogP contribution in [0.3, 0.4) is 0 Å². The van der Waals surface area contributed by atoms with Gasteiger partial charge in [-0.05, 0) is 36.4 Å². The third kappa shape index (κ3) is 7.21. The van der Waals surface area contributed by atoms with Crippen LogP contribution in [-0.4, -0.2) is 47.1 Å². The van der Waals surface area contributed by atoms with E-state index in [1.165, 1.54) is 30.3 Å². The van der Waals surface area contributed by atoms with Gasteiger partial charge in [-0.25, -0.2) is 18.6 Å². The van der Waals surface area contributed by atoms with E-state index in [4.69, 9.17) is 9.84 Å². The molecule has 0 saturated carbocycles. The Kier molecular flexibility index (Phi) is 9.46. The molecule has 2 heterocycles. The summed E-state index contributed by atoms with van der Waals surface area (Å²) in [5, 5.41) is 20.9. The Hall–Kier alpha value is -3.77. The summed E-state index contributed by atoms with van der Waals surface area (Å²) in [5.41, 5.74) is -1.12. The van der Waals surface area contributed by atoms with E-state index < -0.39 is 48.4 Å². The Morgan fingerprint density at radius 1 is 1.13 bits per heavy atom. The van der Waals surface area contributed by atoms with E-state index >= 15 is 0 Å². The van der Waals surface area contributed by atoms with Crippen molar-refractivity contribution in [2.75, 3.05) is 30.0 Å². The van der Waals surface area contributed by atoms with Crippen molar-refractivity contribution in [3.8, 4) is 17.0 Å². The topological polar surface area (TPSA) is 94.9 Å². The summed E-state index contributed by atoms with van der Waals surface area (Å²) in [7, 11) is 0. The van der Waals surface area contributed by atoms with Crippen molar-refractivity contribution in [1.29, 1.82) is 0 Å². The molecule has 2 amide bonds. The van der Waals surface area contributed by atoms with E-state index in [0.717, 1.165) is 23.1 Å². The first-order valence-corrected chi connectivity index (χ1v) is 12.2. The largest absolute Gasteiger partial charge is 0.491 e. The van der Waals surface area contributed by atoms with Crippen molar-refractivity contribution in [1.82, 2.24) is 4.98 Å². The molecule has 0 fully saturated rings. The highest BCUT2D eigenvalue weighted by Gasteiger charge is 2.42. The lowest BCUT2D eigenvalue weighted by Gasteiger charge is -2.33. The van der Waals surface area contributed by atoms with Crippen LogP contribution in [0.2, 0.25) is 0 Å². The molecule has 0 radical (unpaired) electrons. The zero-order chi connectivity index (χ0) is 28.8. The number of benzene rings is 2. The van der Waals surface area contributed by atoms with Crippen LogP contribution in [0.4, 0.5) is 38.3 Å². The number of carbonyl (C=O) groups excluding carboxylic acids is 1. The number of halogens is 5. The van der Waals surface area contributed by atoms with Gasteiger partial charge in [0.2, 0.25) is 0 Å². The van der Waals surface area contributed by atoms with Gasteiger partial charge in [-0.15, -0.1) is 0 Å². The average molecular weight is 554 g/mol. The lowest BCUT2D eigenvalue weighted by Crippen LogP contribution is -2.43. The van der Waals surface area contributed by atoms with Gasteiger partial charge in [-0.3, -0.25) is 4.90 Å². The fourth-order valence-electron chi connectivity index (χ4n) is 3.75. The molecule has 2 aromatic carbocycles. The van der Waals surface area contributed by atoms with Crippen molar-refractivity contribution in [3.63, 3.8) is 0 Å². The molecule has 0 aliphatic carbocycles. The normalized spacial score (nSPS) is 14.9. The number of aliphatic hydroxyl groups excluding tert-OH is 2. The molecule has 0 saturated heterocycles. The number of aromatic nitrogens is 1. The molecular formula is C27H28F5N3O4. The first kappa shape index (κ1) is 29.8. The first-order chi connectivity index (χ1) is 18.5. The van der Waals surface area contributed by atoms with Crippen LogP contribution in [-0.2, 0) is 12.1 Å². The number of fused-ring (bicyclic) bond motifs is 1. The number of nitrogens with one attached hydrogen (secondary N) is 1. The SMILES string of the molecule is CC.O=C(Nc1cccc(OCC(O)CO)c1)N1CCC(F)(F)c2ccc(-c3cccc(C(F)(F)F)c3)nc21. The van der Waals surface area contributed by atoms with Crippen LogP contribution in [0.15, 0.2) is 60.7 Å². The summed E-state index contributed by atoms with van der Waals surface area (Å²) in [6, 6.07) is 11.9. The van der Waals surface area contributed by atoms with Gasteiger partial charge >= 0.3 is 12.2 Å². The van der Waals surface area contributed by atoms with Gasteiger partial charge in [0.1, 0.15) is 24.3 Å². The molecule has 4 rings (SSSR count). The van der Waals surface area contributed by atoms with Gasteiger partial charge in [0.05, 0.1) is 23.4 Å². The second-order valence-electron chi connectivity index (χ2n) is 8.36. The standard InChI is InChI=1S/C25H22F5N3O4.C2H6/c26-24(27)9-10-33(23(36)31-17-5-2-6-19(12-17)37-14-18(35)13-34)22-20(24)7-8-21(32-22)15-3-1-4-16(11-15)25(28,29)30;1-2/h1-8,11-12,18,34-35H,9-10,13-14H2,(H,31,36);1-2H3. The van der Waals surface area contributed by atoms with Crippen LogP contribution in [0, 0.1) is 0 Å². The van der Waals surface area contributed by atoms with E-state index in [1.54, 1.807) is 12.1 Å². The van der Waals surface area contributed by atoms with E-state index in [0.29, 0.717) is 0 Å². The summed E-state index contributed by atoms with van der Waals surface area (Å²) >= 11 is 0. The lowest BCUT2D eigenvalue weighted by atomic mass is 9.99. The molecule has 1 unspecified atom stereocenters. The minimum absolute atomic E-state index is 0.00168. The number of alkyl halides is 5. The Balaban J connectivity index is 0.00000205. The Morgan fingerprint density at radius 2 is 1.85 bits per heavy atom. The van der Waals surface area contributed by atoms with Crippen molar-refractivity contribution < 1.29 is 41.7 Å². The number of pyridine rings is 1. The second kappa shape index (κ2) is 12.4. The van der Waals surface area contributed by atoms with E-state index in [9.17, 15) is 31.9 Å². The summed E-state index contributed by atoms with van der Waals surface area (Å²) in [4.78, 5) is 18.2. The fourth-order valence-corrected chi connectivity index (χ4v) is 3.75. The highest BCUT2D eigenvalue weighted by molar-refractivity contribution is 6.02. The number of urea groups is 1. The summed E-state index contributed by atoms with van der Waals surface area (Å²) in [6.45, 7) is 2.93. The van der Waals surface area contributed by atoms with Crippen molar-refractivity contribution in [2.45, 2.75) is 38.5 Å². The van der Waals surface area contributed by atoms with Gasteiger partial charge in [-0.2, -0.15) is 13.2 Å². The van der Waals surface area contributed by atoms with Gasteiger partial charge in [0.25, 0.3) is 5.92 Å². The summed E-state index contributed by atoms with van der Waals surface area (Å²) < 4.78 is 74.1. The van der Waals surface area contributed by atoms with Crippen LogP contribution >= 0.6 is 0 Å². The molecular weight excluding hydrogens is 525 g/mol. The van der Waals surface area contributed by atoms with Crippen LogP contribution < -0.4 is 15.0 Å². The molecule has 3 aromatic rings. The fraction of sp³-hybridized carbons (Fsp3) is 0.333. The van der Waals surface area contributed by atoms with E-state index in [2.05, 4.69) is 10.3 Å². The van der Waals surface area contributed by atoms with E-state index in [-0.39, 0.29) is 41.7 Å². The number of ether oxygens (including phenoxy) is 1. The number of amides is 2. The molecule has 7 nitrogen and oxygen atoms in total. The Labute approximate surface area is 221 Å². The Bertz CT molecular complexity index is 1290. The predicted molar refractivity (Wildman–Crippen MR) is 136 cm³/mol. The zero-order valence-corrected chi connectivity index (χ0v) is 21.2. The third-order valence-electron chi connectivity index (χ3n) is 5.64. The molecule has 1 aromatic heterocycles. The molecule has 0 spiro atoms. The van der Waals surface area contributed by atoms with Gasteiger partial charge in [0.15, 0.2) is 0 Å². The Morgan fingerprint density at radius 3 is 2.54 bits per heavy atom. The van der Waals surface area contributed by atoms with Crippen molar-refractivity contribution in [3.05, 3.63) is 71.8 Å². The van der Waals surface area contributed by atoms with Crippen molar-refractivity contribution >= 4 is 17.5 Å². The minimum atomic E-state index is -4.60. The monoisotopic (exact) mass is 553 g/mol. The second-order valence-corrected chi connectivity index (χ2v) is 8.36. The number of nitrogens with zero attached hydrogens (tertiary/aromatic N) is 2. The van der Waals surface area contributed by atoms with Crippen LogP contribution in [0.1, 0.15) is 31.4 Å². The van der Waals surface area contributed by atoms with Gasteiger partial charge < -0.3 is 20.3 Å². The van der Waals surface area contributed by atoms with Crippen LogP contribution in [0.5, 0.6) is 5.75 Å². The average Bonchev–Trinajstić information content (AvgIpc) is 2.92. The molecule has 3 N–H and O–H groups in total. The molecule has 1 atom stereocenters. The predicted octanol–water partition coefficient (Wildman–Crippen LogP) is 6.06.